The molecule has 0 aliphatic heterocycles. The first kappa shape index (κ1) is 10.5. The van der Waals surface area contributed by atoms with Crippen molar-refractivity contribution in [2.75, 3.05) is 0 Å². The summed E-state index contributed by atoms with van der Waals surface area (Å²) < 4.78 is 0. The number of aromatic amines is 1. The smallest absolute Gasteiger partial charge is 0.275 e. The molecular weight excluding hydrogens is 228 g/mol. The van der Waals surface area contributed by atoms with Gasteiger partial charge in [-0.15, -0.1) is 0 Å². The zero-order valence-electron chi connectivity index (χ0n) is 9.42. The first-order chi connectivity index (χ1) is 8.75. The number of benzene rings is 2. The van der Waals surface area contributed by atoms with E-state index >= 15 is 0 Å². The number of phenolic OH excluding ortho intramolecular Hbond substituents is 1. The number of aromatic nitrogens is 2. The van der Waals surface area contributed by atoms with Crippen LogP contribution in [0, 0.1) is 0 Å². The predicted octanol–water partition coefficient (Wildman–Crippen LogP) is 2.30. The summed E-state index contributed by atoms with van der Waals surface area (Å²) in [5.74, 6) is 0.0247. The van der Waals surface area contributed by atoms with Gasteiger partial charge in [0.1, 0.15) is 17.0 Å². The number of H-pyrrole nitrogens is 1. The molecule has 1 heterocycles. The van der Waals surface area contributed by atoms with Crippen molar-refractivity contribution < 1.29 is 5.11 Å². The largest absolute Gasteiger partial charge is 0.506 e. The molecule has 0 aliphatic carbocycles. The molecule has 0 unspecified atom stereocenters. The van der Waals surface area contributed by atoms with E-state index in [0.717, 1.165) is 5.56 Å². The van der Waals surface area contributed by atoms with Crippen molar-refractivity contribution in [3.8, 4) is 17.0 Å². The van der Waals surface area contributed by atoms with Crippen molar-refractivity contribution in [1.82, 2.24) is 9.97 Å². The van der Waals surface area contributed by atoms with Crippen LogP contribution in [0.2, 0.25) is 0 Å². The Morgan fingerprint density at radius 2 is 1.78 bits per heavy atom. The third-order valence-electron chi connectivity index (χ3n) is 2.75. The van der Waals surface area contributed by atoms with Crippen LogP contribution in [0.15, 0.2) is 53.3 Å². The highest BCUT2D eigenvalue weighted by atomic mass is 16.3. The molecule has 0 saturated heterocycles. The number of rotatable bonds is 1. The van der Waals surface area contributed by atoms with Gasteiger partial charge in [-0.25, -0.2) is 4.98 Å². The van der Waals surface area contributed by atoms with E-state index in [1.807, 2.05) is 30.3 Å². The lowest BCUT2D eigenvalue weighted by Gasteiger charge is -2.03. The summed E-state index contributed by atoms with van der Waals surface area (Å²) in [6.45, 7) is 0. The van der Waals surface area contributed by atoms with Gasteiger partial charge in [0.15, 0.2) is 0 Å². The first-order valence-electron chi connectivity index (χ1n) is 5.53. The summed E-state index contributed by atoms with van der Waals surface area (Å²) in [6.07, 6.45) is 0. The molecule has 2 aromatic carbocycles. The maximum absolute atomic E-state index is 12.0. The van der Waals surface area contributed by atoms with Crippen LogP contribution < -0.4 is 5.56 Å². The molecule has 88 valence electrons. The molecule has 4 heteroatoms. The van der Waals surface area contributed by atoms with Crippen LogP contribution in [-0.2, 0) is 0 Å². The highest BCUT2D eigenvalue weighted by Gasteiger charge is 2.08. The third kappa shape index (κ3) is 1.64. The van der Waals surface area contributed by atoms with E-state index in [1.54, 1.807) is 12.1 Å². The van der Waals surface area contributed by atoms with Gasteiger partial charge in [0.05, 0.1) is 5.52 Å². The van der Waals surface area contributed by atoms with E-state index in [2.05, 4.69) is 9.97 Å². The summed E-state index contributed by atoms with van der Waals surface area (Å²) in [5.41, 5.74) is 1.73. The fourth-order valence-corrected chi connectivity index (χ4v) is 1.89. The minimum absolute atomic E-state index is 0.0247. The fraction of sp³-hybridized carbons (Fsp3) is 0. The van der Waals surface area contributed by atoms with Gasteiger partial charge < -0.3 is 10.1 Å². The Balaban J connectivity index is 2.33. The molecule has 0 fully saturated rings. The lowest BCUT2D eigenvalue weighted by atomic mass is 10.1. The Morgan fingerprint density at radius 3 is 2.56 bits per heavy atom. The van der Waals surface area contributed by atoms with E-state index < -0.39 is 0 Å². The number of para-hydroxylation sites is 1. The summed E-state index contributed by atoms with van der Waals surface area (Å²) in [7, 11) is 0. The Kier molecular flexibility index (Phi) is 2.34. The molecule has 0 radical (unpaired) electrons. The van der Waals surface area contributed by atoms with Gasteiger partial charge in [-0.2, -0.15) is 0 Å². The molecule has 4 nitrogen and oxygen atoms in total. The molecule has 3 aromatic rings. The van der Waals surface area contributed by atoms with Crippen LogP contribution in [0.5, 0.6) is 5.75 Å². The Hall–Kier alpha value is -2.62. The molecule has 18 heavy (non-hydrogen) atoms. The van der Waals surface area contributed by atoms with Gasteiger partial charge in [-0.3, -0.25) is 4.79 Å². The number of hydrogen-bond donors (Lipinski definition) is 2. The van der Waals surface area contributed by atoms with Crippen molar-refractivity contribution >= 4 is 11.0 Å². The molecule has 1 aromatic heterocycles. The zero-order valence-corrected chi connectivity index (χ0v) is 9.42. The molecule has 0 bridgehead atoms. The van der Waals surface area contributed by atoms with E-state index in [1.165, 1.54) is 6.07 Å². The van der Waals surface area contributed by atoms with Crippen molar-refractivity contribution in [2.24, 2.45) is 0 Å². The standard InChI is InChI=1S/C14H10N2O2/c17-11-8-4-7-10-13(11)16-14(18)12(15-10)9-5-2-1-3-6-9/h1-8,17H,(H,16,18). The summed E-state index contributed by atoms with van der Waals surface area (Å²) in [4.78, 5) is 18.9. The molecule has 2 N–H and O–H groups in total. The van der Waals surface area contributed by atoms with Crippen molar-refractivity contribution in [3.63, 3.8) is 0 Å². The second-order valence-corrected chi connectivity index (χ2v) is 3.95. The van der Waals surface area contributed by atoms with Gasteiger partial charge in [0.25, 0.3) is 5.56 Å². The molecular formula is C14H10N2O2. The van der Waals surface area contributed by atoms with Gasteiger partial charge in [-0.05, 0) is 12.1 Å². The highest BCUT2D eigenvalue weighted by molar-refractivity contribution is 5.82. The predicted molar refractivity (Wildman–Crippen MR) is 69.5 cm³/mol. The lowest BCUT2D eigenvalue weighted by molar-refractivity contribution is 0.480. The average Bonchev–Trinajstić information content (AvgIpc) is 2.40. The summed E-state index contributed by atoms with van der Waals surface area (Å²) in [6, 6.07) is 14.2. The number of aromatic hydroxyl groups is 1. The van der Waals surface area contributed by atoms with E-state index in [-0.39, 0.29) is 11.3 Å². The molecule has 3 rings (SSSR count). The zero-order chi connectivity index (χ0) is 12.5. The number of nitrogens with one attached hydrogen (secondary N) is 1. The average molecular weight is 238 g/mol. The number of fused-ring (bicyclic) bond motifs is 1. The number of nitrogens with zero attached hydrogens (tertiary/aromatic N) is 1. The number of hydrogen-bond acceptors (Lipinski definition) is 3. The monoisotopic (exact) mass is 238 g/mol. The van der Waals surface area contributed by atoms with Gasteiger partial charge in [-0.1, -0.05) is 36.4 Å². The minimum Gasteiger partial charge on any atom is -0.506 e. The fourth-order valence-electron chi connectivity index (χ4n) is 1.89. The lowest BCUT2D eigenvalue weighted by Crippen LogP contribution is -2.11. The van der Waals surface area contributed by atoms with Gasteiger partial charge >= 0.3 is 0 Å². The quantitative estimate of drug-likeness (QED) is 0.683. The Morgan fingerprint density at radius 1 is 1.00 bits per heavy atom. The maximum Gasteiger partial charge on any atom is 0.275 e. The van der Waals surface area contributed by atoms with E-state index in [0.29, 0.717) is 16.7 Å². The normalized spacial score (nSPS) is 10.7. The highest BCUT2D eigenvalue weighted by Crippen LogP contribution is 2.21. The van der Waals surface area contributed by atoms with Crippen LogP contribution in [0.3, 0.4) is 0 Å². The van der Waals surface area contributed by atoms with E-state index in [4.69, 9.17) is 0 Å². The topological polar surface area (TPSA) is 66.0 Å². The Bertz CT molecular complexity index is 764. The first-order valence-corrected chi connectivity index (χ1v) is 5.53. The van der Waals surface area contributed by atoms with Crippen molar-refractivity contribution in [1.29, 1.82) is 0 Å². The Labute approximate surface area is 103 Å². The maximum atomic E-state index is 12.0. The van der Waals surface area contributed by atoms with E-state index in [9.17, 15) is 9.90 Å². The second-order valence-electron chi connectivity index (χ2n) is 3.95. The van der Waals surface area contributed by atoms with Crippen molar-refractivity contribution in [3.05, 3.63) is 58.9 Å². The molecule has 0 aliphatic rings. The van der Waals surface area contributed by atoms with Crippen LogP contribution in [-0.4, -0.2) is 15.1 Å². The van der Waals surface area contributed by atoms with Crippen LogP contribution in [0.1, 0.15) is 0 Å². The van der Waals surface area contributed by atoms with Gasteiger partial charge in [0, 0.05) is 5.56 Å². The number of phenols is 1. The minimum atomic E-state index is -0.310. The second kappa shape index (κ2) is 4.00. The molecule has 0 spiro atoms. The molecule has 0 amide bonds. The van der Waals surface area contributed by atoms with Crippen LogP contribution >= 0.6 is 0 Å². The SMILES string of the molecule is O=c1[nH]c2c(O)cccc2nc1-c1ccccc1. The summed E-state index contributed by atoms with van der Waals surface area (Å²) in [5, 5.41) is 9.65. The molecule has 0 saturated carbocycles. The van der Waals surface area contributed by atoms with Crippen LogP contribution in [0.4, 0.5) is 0 Å². The molecule has 0 atom stereocenters. The van der Waals surface area contributed by atoms with Gasteiger partial charge in [0.2, 0.25) is 0 Å². The third-order valence-corrected chi connectivity index (χ3v) is 2.75. The van der Waals surface area contributed by atoms with Crippen molar-refractivity contribution in [2.45, 2.75) is 0 Å². The summed E-state index contributed by atoms with van der Waals surface area (Å²) >= 11 is 0. The van der Waals surface area contributed by atoms with Crippen LogP contribution in [0.25, 0.3) is 22.3 Å².